The molecule has 0 fully saturated rings. The number of aromatic nitrogens is 1. The molecule has 1 heterocycles. The Balaban J connectivity index is 1.77. The van der Waals surface area contributed by atoms with E-state index in [1.165, 1.54) is 0 Å². The summed E-state index contributed by atoms with van der Waals surface area (Å²) in [5.41, 5.74) is 3.64. The predicted molar refractivity (Wildman–Crippen MR) is 104 cm³/mol. The number of nitriles is 1. The van der Waals surface area contributed by atoms with Crippen molar-refractivity contribution in [2.24, 2.45) is 0 Å². The summed E-state index contributed by atoms with van der Waals surface area (Å²) in [4.78, 5) is 12.3. The van der Waals surface area contributed by atoms with E-state index in [1.807, 2.05) is 30.3 Å². The molecule has 0 aliphatic heterocycles. The van der Waals surface area contributed by atoms with Crippen LogP contribution in [0.15, 0.2) is 53.1 Å². The maximum absolute atomic E-state index is 12.3. The van der Waals surface area contributed by atoms with Gasteiger partial charge >= 0.3 is 0 Å². The number of hydrogen-bond donors (Lipinski definition) is 1. The predicted octanol–water partition coefficient (Wildman–Crippen LogP) is 4.78. The molecule has 0 aliphatic rings. The number of hydrogen-bond acceptors (Lipinski definition) is 4. The van der Waals surface area contributed by atoms with E-state index in [9.17, 15) is 10.1 Å². The Labute approximate surface area is 162 Å². The molecule has 1 unspecified atom stereocenters. The smallest absolute Gasteiger partial charge is 0.229 e. The zero-order chi connectivity index (χ0) is 19.4. The fraction of sp³-hybridized carbons (Fsp3) is 0.190. The maximum Gasteiger partial charge on any atom is 0.229 e. The molecule has 0 saturated heterocycles. The number of carbonyl (C=O) groups is 1. The third kappa shape index (κ3) is 4.18. The van der Waals surface area contributed by atoms with Gasteiger partial charge in [0.2, 0.25) is 5.91 Å². The molecule has 0 radical (unpaired) electrons. The van der Waals surface area contributed by atoms with E-state index in [0.29, 0.717) is 27.7 Å². The molecule has 6 heteroatoms. The molecular formula is C21H18ClN3O2. The van der Waals surface area contributed by atoms with E-state index >= 15 is 0 Å². The molecule has 136 valence electrons. The van der Waals surface area contributed by atoms with Gasteiger partial charge < -0.3 is 9.84 Å². The van der Waals surface area contributed by atoms with Crippen LogP contribution >= 0.6 is 11.6 Å². The van der Waals surface area contributed by atoms with Crippen molar-refractivity contribution >= 4 is 23.2 Å². The van der Waals surface area contributed by atoms with Gasteiger partial charge in [-0.25, -0.2) is 0 Å². The van der Waals surface area contributed by atoms with Crippen molar-refractivity contribution in [1.29, 1.82) is 5.26 Å². The third-order valence-corrected chi connectivity index (χ3v) is 4.70. The molecule has 3 rings (SSSR count). The number of aryl methyl sites for hydroxylation is 2. The van der Waals surface area contributed by atoms with E-state index in [4.69, 9.17) is 16.1 Å². The first-order chi connectivity index (χ1) is 13.0. The van der Waals surface area contributed by atoms with Crippen LogP contribution in [0.4, 0.5) is 5.69 Å². The highest BCUT2D eigenvalue weighted by molar-refractivity contribution is 6.31. The lowest BCUT2D eigenvalue weighted by Gasteiger charge is -2.13. The van der Waals surface area contributed by atoms with Crippen LogP contribution in [-0.4, -0.2) is 11.1 Å². The summed E-state index contributed by atoms with van der Waals surface area (Å²) in [5, 5.41) is 16.7. The fourth-order valence-electron chi connectivity index (χ4n) is 2.93. The lowest BCUT2D eigenvalue weighted by atomic mass is 9.92. The minimum Gasteiger partial charge on any atom is -0.361 e. The molecular weight excluding hydrogens is 362 g/mol. The standard InChI is InChI=1S/C21H18ClN3O2/c1-13-18(14(2)27-25-13)11-21(26)24-16-8-9-17(20(22)10-16)19(12-23)15-6-4-3-5-7-15/h3-10,19H,11H2,1-2H3,(H,24,26). The number of nitrogens with zero attached hydrogens (tertiary/aromatic N) is 2. The van der Waals surface area contributed by atoms with Crippen LogP contribution in [0.5, 0.6) is 0 Å². The van der Waals surface area contributed by atoms with E-state index in [-0.39, 0.29) is 12.3 Å². The van der Waals surface area contributed by atoms with Gasteiger partial charge in [-0.2, -0.15) is 5.26 Å². The van der Waals surface area contributed by atoms with Crippen molar-refractivity contribution in [3.8, 4) is 6.07 Å². The highest BCUT2D eigenvalue weighted by Gasteiger charge is 2.18. The summed E-state index contributed by atoms with van der Waals surface area (Å²) >= 11 is 6.40. The number of rotatable bonds is 5. The lowest BCUT2D eigenvalue weighted by Crippen LogP contribution is -2.15. The Hall–Kier alpha value is -3.10. The summed E-state index contributed by atoms with van der Waals surface area (Å²) in [7, 11) is 0. The van der Waals surface area contributed by atoms with E-state index in [0.717, 1.165) is 11.1 Å². The Morgan fingerprint density at radius 1 is 1.26 bits per heavy atom. The Kier molecular flexibility index (Phi) is 5.58. The van der Waals surface area contributed by atoms with Crippen molar-refractivity contribution in [2.45, 2.75) is 26.2 Å². The van der Waals surface area contributed by atoms with Crippen LogP contribution in [0.1, 0.15) is 34.1 Å². The van der Waals surface area contributed by atoms with Gasteiger partial charge in [-0.05, 0) is 37.1 Å². The van der Waals surface area contributed by atoms with Gasteiger partial charge in [-0.15, -0.1) is 0 Å². The second-order valence-corrected chi connectivity index (χ2v) is 6.64. The number of amides is 1. The molecule has 1 atom stereocenters. The SMILES string of the molecule is Cc1noc(C)c1CC(=O)Nc1ccc(C(C#N)c2ccccc2)c(Cl)c1. The number of nitrogens with one attached hydrogen (secondary N) is 1. The van der Waals surface area contributed by atoms with Crippen LogP contribution in [0.3, 0.4) is 0 Å². The molecule has 3 aromatic rings. The van der Waals surface area contributed by atoms with Crippen molar-refractivity contribution in [3.05, 3.63) is 81.7 Å². The number of carbonyl (C=O) groups excluding carboxylic acids is 1. The van der Waals surface area contributed by atoms with Crippen molar-refractivity contribution < 1.29 is 9.32 Å². The minimum absolute atomic E-state index is 0.172. The fourth-order valence-corrected chi connectivity index (χ4v) is 3.22. The van der Waals surface area contributed by atoms with Gasteiger partial charge in [0.05, 0.1) is 24.1 Å². The summed E-state index contributed by atoms with van der Waals surface area (Å²) in [6.07, 6.45) is 0.172. The molecule has 2 aromatic carbocycles. The average molecular weight is 380 g/mol. The summed E-state index contributed by atoms with van der Waals surface area (Å²) < 4.78 is 5.08. The van der Waals surface area contributed by atoms with E-state index < -0.39 is 5.92 Å². The number of benzene rings is 2. The quantitative estimate of drug-likeness (QED) is 0.691. The summed E-state index contributed by atoms with van der Waals surface area (Å²) in [5.74, 6) is -0.0189. The Morgan fingerprint density at radius 2 is 2.00 bits per heavy atom. The van der Waals surface area contributed by atoms with Crippen LogP contribution in [-0.2, 0) is 11.2 Å². The first kappa shape index (κ1) is 18.7. The third-order valence-electron chi connectivity index (χ3n) is 4.38. The molecule has 0 saturated carbocycles. The van der Waals surface area contributed by atoms with Crippen LogP contribution in [0.25, 0.3) is 0 Å². The molecule has 27 heavy (non-hydrogen) atoms. The second-order valence-electron chi connectivity index (χ2n) is 6.24. The summed E-state index contributed by atoms with van der Waals surface area (Å²) in [6, 6.07) is 16.9. The number of halogens is 1. The normalized spacial score (nSPS) is 11.6. The molecule has 0 aliphatic carbocycles. The van der Waals surface area contributed by atoms with Crippen LogP contribution < -0.4 is 5.32 Å². The molecule has 1 N–H and O–H groups in total. The highest BCUT2D eigenvalue weighted by atomic mass is 35.5. The molecule has 0 bridgehead atoms. The average Bonchev–Trinajstić information content (AvgIpc) is 2.97. The largest absolute Gasteiger partial charge is 0.361 e. The molecule has 1 amide bonds. The van der Waals surface area contributed by atoms with Gasteiger partial charge in [0, 0.05) is 16.3 Å². The van der Waals surface area contributed by atoms with Crippen molar-refractivity contribution in [1.82, 2.24) is 5.16 Å². The summed E-state index contributed by atoms with van der Waals surface area (Å²) in [6.45, 7) is 3.58. The van der Waals surface area contributed by atoms with Gasteiger partial charge in [-0.1, -0.05) is 53.2 Å². The van der Waals surface area contributed by atoms with Crippen molar-refractivity contribution in [3.63, 3.8) is 0 Å². The van der Waals surface area contributed by atoms with Crippen LogP contribution in [0.2, 0.25) is 5.02 Å². The van der Waals surface area contributed by atoms with Gasteiger partial charge in [-0.3, -0.25) is 4.79 Å². The van der Waals surface area contributed by atoms with Gasteiger partial charge in [0.15, 0.2) is 0 Å². The second kappa shape index (κ2) is 8.07. The number of anilines is 1. The maximum atomic E-state index is 12.3. The lowest BCUT2D eigenvalue weighted by molar-refractivity contribution is -0.115. The van der Waals surface area contributed by atoms with E-state index in [2.05, 4.69) is 16.5 Å². The van der Waals surface area contributed by atoms with Crippen LogP contribution in [0, 0.1) is 25.2 Å². The highest BCUT2D eigenvalue weighted by Crippen LogP contribution is 2.31. The van der Waals surface area contributed by atoms with Crippen molar-refractivity contribution in [2.75, 3.05) is 5.32 Å². The zero-order valence-electron chi connectivity index (χ0n) is 15.0. The zero-order valence-corrected chi connectivity index (χ0v) is 15.7. The Morgan fingerprint density at radius 3 is 2.59 bits per heavy atom. The first-order valence-corrected chi connectivity index (χ1v) is 8.83. The monoisotopic (exact) mass is 379 g/mol. The molecule has 1 aromatic heterocycles. The Bertz CT molecular complexity index is 987. The molecule has 0 spiro atoms. The van der Waals surface area contributed by atoms with E-state index in [1.54, 1.807) is 32.0 Å². The molecule has 5 nitrogen and oxygen atoms in total. The minimum atomic E-state index is -0.467. The first-order valence-electron chi connectivity index (χ1n) is 8.45. The van der Waals surface area contributed by atoms with Gasteiger partial charge in [0.25, 0.3) is 0 Å². The topological polar surface area (TPSA) is 78.9 Å². The van der Waals surface area contributed by atoms with Gasteiger partial charge in [0.1, 0.15) is 5.76 Å².